The lowest BCUT2D eigenvalue weighted by Gasteiger charge is -2.36. The Morgan fingerprint density at radius 3 is 2.94 bits per heavy atom. The summed E-state index contributed by atoms with van der Waals surface area (Å²) in [6.07, 6.45) is 4.99. The highest BCUT2D eigenvalue weighted by Gasteiger charge is 2.29. The van der Waals surface area contributed by atoms with E-state index in [1.54, 1.807) is 22.4 Å². The molecule has 3 aliphatic heterocycles. The lowest BCUT2D eigenvalue weighted by Crippen LogP contribution is -2.46. The van der Waals surface area contributed by atoms with Crippen LogP contribution in [0.4, 0.5) is 4.39 Å². The molecule has 33 heavy (non-hydrogen) atoms. The molecule has 3 aliphatic rings. The maximum Gasteiger partial charge on any atom is 0.251 e. The van der Waals surface area contributed by atoms with Gasteiger partial charge in [-0.2, -0.15) is 0 Å². The first-order valence-corrected chi connectivity index (χ1v) is 12.2. The Bertz CT molecular complexity index is 1260. The largest absolute Gasteiger partial charge is 0.486 e. The highest BCUT2D eigenvalue weighted by Crippen LogP contribution is 2.35. The Morgan fingerprint density at radius 2 is 2.06 bits per heavy atom. The molecule has 6 rings (SSSR count). The van der Waals surface area contributed by atoms with E-state index >= 15 is 0 Å². The van der Waals surface area contributed by atoms with Gasteiger partial charge in [0.1, 0.15) is 18.1 Å². The maximum absolute atomic E-state index is 14.2. The number of thioether (sulfide) groups is 1. The van der Waals surface area contributed by atoms with Crippen molar-refractivity contribution in [2.75, 3.05) is 32.2 Å². The molecular formula is C23H24FN5O3S. The van der Waals surface area contributed by atoms with Crippen LogP contribution in [0.15, 0.2) is 40.3 Å². The molecule has 1 saturated heterocycles. The predicted octanol–water partition coefficient (Wildman–Crippen LogP) is 2.56. The molecule has 0 unspecified atom stereocenters. The number of nitrogens with one attached hydrogen (secondary N) is 1. The molecule has 1 atom stereocenters. The number of fused-ring (bicyclic) bond motifs is 1. The van der Waals surface area contributed by atoms with Gasteiger partial charge in [0.2, 0.25) is 0 Å². The number of hydrogen-bond acceptors (Lipinski definition) is 8. The van der Waals surface area contributed by atoms with Gasteiger partial charge in [-0.1, -0.05) is 11.8 Å². The first-order chi connectivity index (χ1) is 16.2. The first kappa shape index (κ1) is 20.9. The van der Waals surface area contributed by atoms with E-state index in [4.69, 9.17) is 9.47 Å². The zero-order valence-corrected chi connectivity index (χ0v) is 18.8. The topological polar surface area (TPSA) is 81.5 Å². The molecule has 0 aliphatic carbocycles. The zero-order valence-electron chi connectivity index (χ0n) is 18.0. The quantitative estimate of drug-likeness (QED) is 0.611. The highest BCUT2D eigenvalue weighted by atomic mass is 32.2. The van der Waals surface area contributed by atoms with Crippen molar-refractivity contribution in [3.8, 4) is 11.5 Å². The third-order valence-corrected chi connectivity index (χ3v) is 7.45. The van der Waals surface area contributed by atoms with Gasteiger partial charge < -0.3 is 19.7 Å². The van der Waals surface area contributed by atoms with Crippen molar-refractivity contribution in [3.05, 3.63) is 52.5 Å². The van der Waals surface area contributed by atoms with Crippen LogP contribution in [-0.4, -0.2) is 57.7 Å². The number of nitrogens with zero attached hydrogens (tertiary/aromatic N) is 4. The van der Waals surface area contributed by atoms with Crippen molar-refractivity contribution in [1.82, 2.24) is 24.8 Å². The number of halogens is 1. The van der Waals surface area contributed by atoms with Crippen LogP contribution in [0.3, 0.4) is 0 Å². The average molecular weight is 470 g/mol. The molecule has 10 heteroatoms. The summed E-state index contributed by atoms with van der Waals surface area (Å²) in [6.45, 7) is 3.55. The summed E-state index contributed by atoms with van der Waals surface area (Å²) in [5, 5.41) is 3.63. The minimum atomic E-state index is -0.531. The van der Waals surface area contributed by atoms with E-state index < -0.39 is 5.82 Å². The highest BCUT2D eigenvalue weighted by molar-refractivity contribution is 7.99. The summed E-state index contributed by atoms with van der Waals surface area (Å²) in [5.41, 5.74) is 1.91. The molecule has 0 spiro atoms. The SMILES string of the molecule is O=c1ccc2ncc(F)c3c2n1[C@H](CN1CCC(NCc2cc4c(cn2)OCS4)CC1)CO3. The molecular weight excluding hydrogens is 445 g/mol. The van der Waals surface area contributed by atoms with Crippen LogP contribution in [0.2, 0.25) is 0 Å². The lowest BCUT2D eigenvalue weighted by molar-refractivity contribution is 0.137. The van der Waals surface area contributed by atoms with Gasteiger partial charge in [-0.05, 0) is 38.1 Å². The second-order valence-corrected chi connectivity index (χ2v) is 9.62. The van der Waals surface area contributed by atoms with E-state index in [-0.39, 0.29) is 24.0 Å². The van der Waals surface area contributed by atoms with Gasteiger partial charge in [-0.15, -0.1) is 0 Å². The van der Waals surface area contributed by atoms with Crippen molar-refractivity contribution in [3.63, 3.8) is 0 Å². The minimum Gasteiger partial charge on any atom is -0.486 e. The second kappa shape index (κ2) is 8.58. The fraction of sp³-hybridized carbons (Fsp3) is 0.435. The molecule has 0 aromatic carbocycles. The number of aromatic nitrogens is 3. The Balaban J connectivity index is 1.09. The van der Waals surface area contributed by atoms with Crippen molar-refractivity contribution in [1.29, 1.82) is 0 Å². The summed E-state index contributed by atoms with van der Waals surface area (Å²) in [7, 11) is 0. The lowest BCUT2D eigenvalue weighted by atomic mass is 10.0. The number of likely N-dealkylation sites (tertiary alicyclic amines) is 1. The summed E-state index contributed by atoms with van der Waals surface area (Å²) < 4.78 is 27.1. The van der Waals surface area contributed by atoms with Crippen LogP contribution < -0.4 is 20.3 Å². The molecule has 172 valence electrons. The third kappa shape index (κ3) is 3.96. The first-order valence-electron chi connectivity index (χ1n) is 11.2. The number of pyridine rings is 3. The summed E-state index contributed by atoms with van der Waals surface area (Å²) in [5.74, 6) is 1.13. The van der Waals surface area contributed by atoms with Crippen LogP contribution in [-0.2, 0) is 6.54 Å². The van der Waals surface area contributed by atoms with E-state index in [1.165, 1.54) is 6.07 Å². The van der Waals surface area contributed by atoms with E-state index in [0.29, 0.717) is 29.6 Å². The molecule has 0 amide bonds. The van der Waals surface area contributed by atoms with Gasteiger partial charge in [0, 0.05) is 25.2 Å². The van der Waals surface area contributed by atoms with Gasteiger partial charge in [-0.25, -0.2) is 4.39 Å². The fourth-order valence-corrected chi connectivity index (χ4v) is 5.65. The molecule has 0 saturated carbocycles. The number of rotatable bonds is 5. The predicted molar refractivity (Wildman–Crippen MR) is 122 cm³/mol. The van der Waals surface area contributed by atoms with Crippen LogP contribution in [0.25, 0.3) is 11.0 Å². The van der Waals surface area contributed by atoms with Crippen molar-refractivity contribution >= 4 is 22.8 Å². The van der Waals surface area contributed by atoms with Crippen LogP contribution >= 0.6 is 11.8 Å². The summed E-state index contributed by atoms with van der Waals surface area (Å²) in [6, 6.07) is 5.49. The zero-order chi connectivity index (χ0) is 22.4. The van der Waals surface area contributed by atoms with Crippen molar-refractivity contribution < 1.29 is 13.9 Å². The fourth-order valence-electron chi connectivity index (χ4n) is 4.86. The normalized spacial score (nSPS) is 20.5. The van der Waals surface area contributed by atoms with Gasteiger partial charge >= 0.3 is 0 Å². The molecule has 6 heterocycles. The van der Waals surface area contributed by atoms with Gasteiger partial charge in [0.15, 0.2) is 17.3 Å². The van der Waals surface area contributed by atoms with E-state index in [9.17, 15) is 9.18 Å². The number of ether oxygens (including phenoxy) is 2. The average Bonchev–Trinajstić information content (AvgIpc) is 3.31. The molecule has 0 radical (unpaired) electrons. The molecule has 1 N–H and O–H groups in total. The molecule has 1 fully saturated rings. The van der Waals surface area contributed by atoms with Crippen LogP contribution in [0.1, 0.15) is 24.6 Å². The molecule has 3 aromatic rings. The van der Waals surface area contributed by atoms with Crippen LogP contribution in [0.5, 0.6) is 11.5 Å². The van der Waals surface area contributed by atoms with Crippen LogP contribution in [0, 0.1) is 5.82 Å². The van der Waals surface area contributed by atoms with Crippen molar-refractivity contribution in [2.24, 2.45) is 0 Å². The summed E-state index contributed by atoms with van der Waals surface area (Å²) in [4.78, 5) is 24.8. The maximum atomic E-state index is 14.2. The smallest absolute Gasteiger partial charge is 0.251 e. The molecule has 0 bridgehead atoms. The number of piperidine rings is 1. The van der Waals surface area contributed by atoms with Gasteiger partial charge in [0.25, 0.3) is 5.56 Å². The Morgan fingerprint density at radius 1 is 1.18 bits per heavy atom. The Labute approximate surface area is 194 Å². The number of hydrogen-bond donors (Lipinski definition) is 1. The van der Waals surface area contributed by atoms with Gasteiger partial charge in [0.05, 0.1) is 34.5 Å². The summed E-state index contributed by atoms with van der Waals surface area (Å²) >= 11 is 1.70. The molecule has 3 aromatic heterocycles. The van der Waals surface area contributed by atoms with Gasteiger partial charge in [-0.3, -0.25) is 19.3 Å². The third-order valence-electron chi connectivity index (χ3n) is 6.58. The Kier molecular flexibility index (Phi) is 5.43. The van der Waals surface area contributed by atoms with E-state index in [1.807, 2.05) is 6.20 Å². The second-order valence-electron chi connectivity index (χ2n) is 8.66. The van der Waals surface area contributed by atoms with E-state index in [2.05, 4.69) is 26.3 Å². The molecule has 8 nitrogen and oxygen atoms in total. The Hall–Kier alpha value is -2.69. The van der Waals surface area contributed by atoms with Crippen molar-refractivity contribution in [2.45, 2.75) is 36.4 Å². The van der Waals surface area contributed by atoms with E-state index in [0.717, 1.165) is 55.0 Å². The standard InChI is InChI=1S/C23H24FN5O3S/c24-17-9-27-18-1-2-21(30)29-16(12-31-23(17)22(18)29)11-28-5-3-14(4-6-28)25-8-15-7-20-19(10-26-15)32-13-33-20/h1-2,7,9-10,14,16,25H,3-6,8,11-13H2/t16-/m1/s1. The monoisotopic (exact) mass is 469 g/mol. The minimum absolute atomic E-state index is 0.127.